The average molecular weight is 256 g/mol. The van der Waals surface area contributed by atoms with Crippen molar-refractivity contribution in [2.24, 2.45) is 12.8 Å². The first-order chi connectivity index (χ1) is 8.08. The summed E-state index contributed by atoms with van der Waals surface area (Å²) in [6.45, 7) is 2.01. The Morgan fingerprint density at radius 1 is 1.71 bits per heavy atom. The van der Waals surface area contributed by atoms with Crippen LogP contribution in [0.3, 0.4) is 0 Å². The van der Waals surface area contributed by atoms with Gasteiger partial charge in [-0.05, 0) is 24.9 Å². The summed E-state index contributed by atoms with van der Waals surface area (Å²) in [7, 11) is 1.84. The fourth-order valence-electron chi connectivity index (χ4n) is 1.50. The number of amides is 1. The molecule has 1 aromatic heterocycles. The Bertz CT molecular complexity index is 378. The number of aromatic nitrogens is 2. The van der Waals surface area contributed by atoms with Crippen molar-refractivity contribution in [3.05, 3.63) is 11.9 Å². The van der Waals surface area contributed by atoms with E-state index in [1.165, 1.54) is 0 Å². The van der Waals surface area contributed by atoms with Gasteiger partial charge in [0.1, 0.15) is 0 Å². The van der Waals surface area contributed by atoms with E-state index in [-0.39, 0.29) is 5.91 Å². The number of rotatable bonds is 6. The SMILES string of the molecule is CCc1nn(C)cc1NC(=O)[C@H](N)CCSC. The highest BCUT2D eigenvalue weighted by Gasteiger charge is 2.15. The number of carbonyl (C=O) groups excluding carboxylic acids is 1. The first-order valence-corrected chi connectivity index (χ1v) is 7.05. The van der Waals surface area contributed by atoms with Crippen LogP contribution >= 0.6 is 11.8 Å². The Morgan fingerprint density at radius 3 is 3.00 bits per heavy atom. The molecule has 1 rings (SSSR count). The van der Waals surface area contributed by atoms with Crippen LogP contribution in [0.5, 0.6) is 0 Å². The quantitative estimate of drug-likeness (QED) is 0.796. The lowest BCUT2D eigenvalue weighted by Gasteiger charge is -2.10. The Hall–Kier alpha value is -1.01. The van der Waals surface area contributed by atoms with E-state index in [1.807, 2.05) is 20.2 Å². The van der Waals surface area contributed by atoms with Gasteiger partial charge in [-0.1, -0.05) is 6.92 Å². The van der Waals surface area contributed by atoms with Gasteiger partial charge in [0, 0.05) is 13.2 Å². The number of anilines is 1. The Labute approximate surface area is 106 Å². The molecule has 1 heterocycles. The molecular weight excluding hydrogens is 236 g/mol. The number of hydrogen-bond acceptors (Lipinski definition) is 4. The molecule has 17 heavy (non-hydrogen) atoms. The molecule has 0 spiro atoms. The summed E-state index contributed by atoms with van der Waals surface area (Å²) in [5.74, 6) is 0.754. The number of aryl methyl sites for hydroxylation is 2. The number of carbonyl (C=O) groups is 1. The van der Waals surface area contributed by atoms with Gasteiger partial charge in [-0.25, -0.2) is 0 Å². The largest absolute Gasteiger partial charge is 0.322 e. The van der Waals surface area contributed by atoms with Gasteiger partial charge >= 0.3 is 0 Å². The van der Waals surface area contributed by atoms with Crippen LogP contribution < -0.4 is 11.1 Å². The first-order valence-electron chi connectivity index (χ1n) is 5.66. The van der Waals surface area contributed by atoms with Crippen molar-refractivity contribution < 1.29 is 4.79 Å². The molecule has 6 heteroatoms. The number of nitrogens with two attached hydrogens (primary N) is 1. The topological polar surface area (TPSA) is 72.9 Å². The van der Waals surface area contributed by atoms with Crippen molar-refractivity contribution in [2.45, 2.75) is 25.8 Å². The lowest BCUT2D eigenvalue weighted by Crippen LogP contribution is -2.36. The van der Waals surface area contributed by atoms with E-state index in [2.05, 4.69) is 10.4 Å². The van der Waals surface area contributed by atoms with Crippen LogP contribution in [0.2, 0.25) is 0 Å². The van der Waals surface area contributed by atoms with Gasteiger partial charge in [0.25, 0.3) is 0 Å². The molecule has 0 aliphatic rings. The predicted molar refractivity (Wildman–Crippen MR) is 72.2 cm³/mol. The van der Waals surface area contributed by atoms with Crippen molar-refractivity contribution in [3.8, 4) is 0 Å². The highest BCUT2D eigenvalue weighted by atomic mass is 32.2. The minimum Gasteiger partial charge on any atom is -0.322 e. The summed E-state index contributed by atoms with van der Waals surface area (Å²) >= 11 is 1.69. The van der Waals surface area contributed by atoms with Crippen LogP contribution in [-0.4, -0.2) is 33.7 Å². The molecule has 0 aliphatic carbocycles. The molecule has 0 aliphatic heterocycles. The lowest BCUT2D eigenvalue weighted by atomic mass is 10.2. The molecule has 0 unspecified atom stereocenters. The molecule has 0 radical (unpaired) electrons. The average Bonchev–Trinajstić information content (AvgIpc) is 2.66. The maximum atomic E-state index is 11.8. The van der Waals surface area contributed by atoms with Crippen molar-refractivity contribution >= 4 is 23.4 Å². The highest BCUT2D eigenvalue weighted by Crippen LogP contribution is 2.14. The van der Waals surface area contributed by atoms with Gasteiger partial charge in [-0.3, -0.25) is 9.48 Å². The molecule has 0 saturated carbocycles. The molecule has 0 aromatic carbocycles. The fraction of sp³-hybridized carbons (Fsp3) is 0.636. The van der Waals surface area contributed by atoms with Crippen LogP contribution in [0.15, 0.2) is 6.20 Å². The van der Waals surface area contributed by atoms with E-state index in [9.17, 15) is 4.79 Å². The van der Waals surface area contributed by atoms with Crippen LogP contribution in [0.4, 0.5) is 5.69 Å². The third kappa shape index (κ3) is 4.05. The molecule has 5 nitrogen and oxygen atoms in total. The summed E-state index contributed by atoms with van der Waals surface area (Å²) < 4.78 is 1.70. The number of hydrogen-bond donors (Lipinski definition) is 2. The molecule has 1 atom stereocenters. The molecule has 0 fully saturated rings. The lowest BCUT2D eigenvalue weighted by molar-refractivity contribution is -0.117. The standard InChI is InChI=1S/C11H20N4OS/c1-4-9-10(7-15(2)14-9)13-11(16)8(12)5-6-17-3/h7-8H,4-6,12H2,1-3H3,(H,13,16)/t8-/m1/s1. The zero-order valence-electron chi connectivity index (χ0n) is 10.6. The van der Waals surface area contributed by atoms with Crippen molar-refractivity contribution in [2.75, 3.05) is 17.3 Å². The van der Waals surface area contributed by atoms with E-state index < -0.39 is 6.04 Å². The van der Waals surface area contributed by atoms with Crippen molar-refractivity contribution in [1.29, 1.82) is 0 Å². The Balaban J connectivity index is 2.60. The Morgan fingerprint density at radius 2 is 2.41 bits per heavy atom. The second-order valence-electron chi connectivity index (χ2n) is 3.89. The molecule has 96 valence electrons. The number of thioether (sulfide) groups is 1. The molecule has 0 bridgehead atoms. The minimum atomic E-state index is -0.452. The first kappa shape index (κ1) is 14.1. The summed E-state index contributed by atoms with van der Waals surface area (Å²) in [5.41, 5.74) is 7.45. The smallest absolute Gasteiger partial charge is 0.241 e. The summed E-state index contributed by atoms with van der Waals surface area (Å²) in [4.78, 5) is 11.8. The van der Waals surface area contributed by atoms with E-state index in [0.717, 1.165) is 23.6 Å². The minimum absolute atomic E-state index is 0.137. The monoisotopic (exact) mass is 256 g/mol. The van der Waals surface area contributed by atoms with Crippen molar-refractivity contribution in [1.82, 2.24) is 9.78 Å². The second kappa shape index (κ2) is 6.66. The van der Waals surface area contributed by atoms with Crippen LogP contribution in [0.1, 0.15) is 19.0 Å². The summed E-state index contributed by atoms with van der Waals surface area (Å²) in [6.07, 6.45) is 5.28. The highest BCUT2D eigenvalue weighted by molar-refractivity contribution is 7.98. The molecule has 3 N–H and O–H groups in total. The number of nitrogens with zero attached hydrogens (tertiary/aromatic N) is 2. The fourth-order valence-corrected chi connectivity index (χ4v) is 1.99. The Kier molecular flexibility index (Phi) is 5.50. The normalized spacial score (nSPS) is 12.5. The molecule has 1 amide bonds. The van der Waals surface area contributed by atoms with Crippen LogP contribution in [0, 0.1) is 0 Å². The van der Waals surface area contributed by atoms with Gasteiger partial charge in [0.15, 0.2) is 0 Å². The summed E-state index contributed by atoms with van der Waals surface area (Å²) in [5, 5.41) is 7.10. The maximum absolute atomic E-state index is 11.8. The predicted octanol–water partition coefficient (Wildman–Crippen LogP) is 1.00. The second-order valence-corrected chi connectivity index (χ2v) is 4.88. The van der Waals surface area contributed by atoms with Crippen LogP contribution in [0.25, 0.3) is 0 Å². The van der Waals surface area contributed by atoms with E-state index in [4.69, 9.17) is 5.73 Å². The van der Waals surface area contributed by atoms with Gasteiger partial charge in [-0.15, -0.1) is 0 Å². The maximum Gasteiger partial charge on any atom is 0.241 e. The van der Waals surface area contributed by atoms with E-state index in [0.29, 0.717) is 6.42 Å². The van der Waals surface area contributed by atoms with E-state index >= 15 is 0 Å². The third-order valence-corrected chi connectivity index (χ3v) is 3.11. The zero-order valence-corrected chi connectivity index (χ0v) is 11.4. The van der Waals surface area contributed by atoms with Gasteiger partial charge < -0.3 is 11.1 Å². The number of nitrogens with one attached hydrogen (secondary N) is 1. The molecule has 1 aromatic rings. The third-order valence-electron chi connectivity index (χ3n) is 2.47. The molecular formula is C11H20N4OS. The van der Waals surface area contributed by atoms with E-state index in [1.54, 1.807) is 22.6 Å². The zero-order chi connectivity index (χ0) is 12.8. The summed E-state index contributed by atoms with van der Waals surface area (Å²) in [6, 6.07) is -0.452. The van der Waals surface area contributed by atoms with Crippen molar-refractivity contribution in [3.63, 3.8) is 0 Å². The van der Waals surface area contributed by atoms with Crippen LogP contribution in [-0.2, 0) is 18.3 Å². The van der Waals surface area contributed by atoms with Gasteiger partial charge in [0.2, 0.25) is 5.91 Å². The van der Waals surface area contributed by atoms with Gasteiger partial charge in [0.05, 0.1) is 17.4 Å². The van der Waals surface area contributed by atoms with Gasteiger partial charge in [-0.2, -0.15) is 16.9 Å². The molecule has 0 saturated heterocycles.